The molecule has 1 aromatic carbocycles. The van der Waals surface area contributed by atoms with Crippen molar-refractivity contribution in [3.63, 3.8) is 0 Å². The van der Waals surface area contributed by atoms with E-state index in [0.29, 0.717) is 18.4 Å². The van der Waals surface area contributed by atoms with E-state index in [1.54, 1.807) is 7.11 Å². The van der Waals surface area contributed by atoms with Crippen LogP contribution in [0.25, 0.3) is 0 Å². The summed E-state index contributed by atoms with van der Waals surface area (Å²) in [5.74, 6) is 2.19. The van der Waals surface area contributed by atoms with Gasteiger partial charge in [-0.15, -0.1) is 0 Å². The Hall–Kier alpha value is -1.88. The predicted molar refractivity (Wildman–Crippen MR) is 77.1 cm³/mol. The van der Waals surface area contributed by atoms with E-state index in [0.717, 1.165) is 23.6 Å². The largest absolute Gasteiger partial charge is 0.496 e. The third-order valence-electron chi connectivity index (χ3n) is 3.27. The molecule has 20 heavy (non-hydrogen) atoms. The summed E-state index contributed by atoms with van der Waals surface area (Å²) in [6.45, 7) is 4.14. The Morgan fingerprint density at radius 2 is 2.20 bits per heavy atom. The lowest BCUT2D eigenvalue weighted by atomic mass is 10.1. The van der Waals surface area contributed by atoms with Crippen molar-refractivity contribution in [2.45, 2.75) is 32.7 Å². The summed E-state index contributed by atoms with van der Waals surface area (Å²) in [6, 6.07) is 6.40. The first-order chi connectivity index (χ1) is 9.62. The molecule has 108 valence electrons. The molecule has 1 atom stereocenters. The first-order valence-electron chi connectivity index (χ1n) is 6.74. The summed E-state index contributed by atoms with van der Waals surface area (Å²) in [6.07, 6.45) is 1.34. The minimum Gasteiger partial charge on any atom is -0.496 e. The van der Waals surface area contributed by atoms with Gasteiger partial charge in [-0.25, -0.2) is 0 Å². The highest BCUT2D eigenvalue weighted by molar-refractivity contribution is 5.38. The van der Waals surface area contributed by atoms with Crippen LogP contribution in [0.15, 0.2) is 22.7 Å². The van der Waals surface area contributed by atoms with E-state index < -0.39 is 0 Å². The summed E-state index contributed by atoms with van der Waals surface area (Å²) in [4.78, 5) is 4.43. The van der Waals surface area contributed by atoms with Gasteiger partial charge in [0.25, 0.3) is 0 Å². The lowest BCUT2D eigenvalue weighted by molar-refractivity contribution is 0.372. The van der Waals surface area contributed by atoms with Crippen molar-refractivity contribution in [3.05, 3.63) is 41.0 Å². The van der Waals surface area contributed by atoms with Crippen molar-refractivity contribution < 1.29 is 9.26 Å². The number of aromatic nitrogens is 2. The second-order valence-electron chi connectivity index (χ2n) is 4.99. The molecule has 0 aliphatic carbocycles. The molecule has 0 bridgehead atoms. The number of methoxy groups -OCH3 is 1. The zero-order chi connectivity index (χ0) is 14.5. The van der Waals surface area contributed by atoms with Gasteiger partial charge in [-0.05, 0) is 27.0 Å². The Kier molecular flexibility index (Phi) is 4.74. The van der Waals surface area contributed by atoms with Gasteiger partial charge in [0.1, 0.15) is 5.75 Å². The molecule has 0 amide bonds. The number of nitrogens with one attached hydrogen (secondary N) is 1. The van der Waals surface area contributed by atoms with E-state index in [2.05, 4.69) is 35.4 Å². The molecule has 0 fully saturated rings. The van der Waals surface area contributed by atoms with E-state index in [1.165, 1.54) is 5.56 Å². The number of aryl methyl sites for hydroxylation is 1. The van der Waals surface area contributed by atoms with Crippen LogP contribution in [0.5, 0.6) is 5.75 Å². The Labute approximate surface area is 119 Å². The highest BCUT2D eigenvalue weighted by Gasteiger charge is 2.12. The highest BCUT2D eigenvalue weighted by atomic mass is 16.5. The molecule has 0 spiro atoms. The van der Waals surface area contributed by atoms with Gasteiger partial charge in [-0.1, -0.05) is 22.9 Å². The Morgan fingerprint density at radius 1 is 1.40 bits per heavy atom. The minimum absolute atomic E-state index is 0.328. The second-order valence-corrected chi connectivity index (χ2v) is 4.99. The molecule has 0 saturated heterocycles. The maximum Gasteiger partial charge on any atom is 0.231 e. The summed E-state index contributed by atoms with van der Waals surface area (Å²) < 4.78 is 10.7. The van der Waals surface area contributed by atoms with Crippen LogP contribution < -0.4 is 10.1 Å². The molecular weight excluding hydrogens is 254 g/mol. The standard InChI is InChI=1S/C15H21N3O2/c1-10-5-6-13(19-4)12(7-10)9-15-17-14(18-20-15)8-11(2)16-3/h5-7,11,16H,8-9H2,1-4H3. The van der Waals surface area contributed by atoms with Crippen LogP contribution in [0, 0.1) is 6.92 Å². The van der Waals surface area contributed by atoms with Gasteiger partial charge in [-0.2, -0.15) is 4.98 Å². The average Bonchev–Trinajstić information content (AvgIpc) is 2.86. The molecule has 0 radical (unpaired) electrons. The number of ether oxygens (including phenoxy) is 1. The lowest BCUT2D eigenvalue weighted by Crippen LogP contribution is -2.24. The molecule has 0 aliphatic rings. The molecule has 2 rings (SSSR count). The summed E-state index contributed by atoms with van der Waals surface area (Å²) in [7, 11) is 3.59. The van der Waals surface area contributed by atoms with Gasteiger partial charge >= 0.3 is 0 Å². The van der Waals surface area contributed by atoms with Crippen molar-refractivity contribution in [1.82, 2.24) is 15.5 Å². The van der Waals surface area contributed by atoms with E-state index in [-0.39, 0.29) is 0 Å². The van der Waals surface area contributed by atoms with Crippen LogP contribution in [-0.4, -0.2) is 30.3 Å². The van der Waals surface area contributed by atoms with Crippen LogP contribution in [0.2, 0.25) is 0 Å². The molecule has 1 N–H and O–H groups in total. The van der Waals surface area contributed by atoms with Crippen molar-refractivity contribution in [1.29, 1.82) is 0 Å². The maximum atomic E-state index is 5.36. The van der Waals surface area contributed by atoms with Gasteiger partial charge in [-0.3, -0.25) is 0 Å². The number of rotatable bonds is 6. The van der Waals surface area contributed by atoms with Crippen LogP contribution >= 0.6 is 0 Å². The fourth-order valence-electron chi connectivity index (χ4n) is 2.03. The molecule has 1 unspecified atom stereocenters. The normalized spacial score (nSPS) is 12.4. The van der Waals surface area contributed by atoms with Crippen molar-refractivity contribution in [3.8, 4) is 5.75 Å². The summed E-state index contributed by atoms with van der Waals surface area (Å²) >= 11 is 0. The lowest BCUT2D eigenvalue weighted by Gasteiger charge is -2.07. The molecule has 0 aliphatic heterocycles. The molecular formula is C15H21N3O2. The fraction of sp³-hybridized carbons (Fsp3) is 0.467. The number of nitrogens with zero attached hydrogens (tertiary/aromatic N) is 2. The molecule has 2 aromatic rings. The molecule has 5 nitrogen and oxygen atoms in total. The van der Waals surface area contributed by atoms with Crippen LogP contribution in [0.4, 0.5) is 0 Å². The van der Waals surface area contributed by atoms with E-state index in [4.69, 9.17) is 9.26 Å². The van der Waals surface area contributed by atoms with E-state index >= 15 is 0 Å². The van der Waals surface area contributed by atoms with Crippen LogP contribution in [0.3, 0.4) is 0 Å². The van der Waals surface area contributed by atoms with Crippen molar-refractivity contribution >= 4 is 0 Å². The monoisotopic (exact) mass is 275 g/mol. The van der Waals surface area contributed by atoms with Gasteiger partial charge in [0, 0.05) is 18.0 Å². The zero-order valence-corrected chi connectivity index (χ0v) is 12.4. The Morgan fingerprint density at radius 3 is 2.90 bits per heavy atom. The van der Waals surface area contributed by atoms with Crippen molar-refractivity contribution in [2.24, 2.45) is 0 Å². The topological polar surface area (TPSA) is 60.2 Å². The first kappa shape index (κ1) is 14.5. The number of likely N-dealkylation sites (N-methyl/N-ethyl adjacent to an activating group) is 1. The third kappa shape index (κ3) is 3.57. The number of benzene rings is 1. The number of hydrogen-bond acceptors (Lipinski definition) is 5. The molecule has 1 aromatic heterocycles. The average molecular weight is 275 g/mol. The highest BCUT2D eigenvalue weighted by Crippen LogP contribution is 2.22. The van der Waals surface area contributed by atoms with Crippen molar-refractivity contribution in [2.75, 3.05) is 14.2 Å². The SMILES string of the molecule is CNC(C)Cc1noc(Cc2cc(C)ccc2OC)n1. The molecule has 1 heterocycles. The van der Waals surface area contributed by atoms with Gasteiger partial charge in [0.15, 0.2) is 5.82 Å². The maximum absolute atomic E-state index is 5.36. The zero-order valence-electron chi connectivity index (χ0n) is 12.4. The van der Waals surface area contributed by atoms with Crippen LogP contribution in [0.1, 0.15) is 29.8 Å². The van der Waals surface area contributed by atoms with Crippen LogP contribution in [-0.2, 0) is 12.8 Å². The Balaban J connectivity index is 2.12. The molecule has 5 heteroatoms. The number of hydrogen-bond donors (Lipinski definition) is 1. The third-order valence-corrected chi connectivity index (χ3v) is 3.27. The first-order valence-corrected chi connectivity index (χ1v) is 6.74. The minimum atomic E-state index is 0.328. The molecule has 0 saturated carbocycles. The second kappa shape index (κ2) is 6.52. The van der Waals surface area contributed by atoms with E-state index in [1.807, 2.05) is 19.2 Å². The summed E-state index contributed by atoms with van der Waals surface area (Å²) in [5.41, 5.74) is 2.24. The van der Waals surface area contributed by atoms with Gasteiger partial charge in [0.05, 0.1) is 13.5 Å². The summed E-state index contributed by atoms with van der Waals surface area (Å²) in [5, 5.41) is 7.17. The van der Waals surface area contributed by atoms with Gasteiger partial charge < -0.3 is 14.6 Å². The predicted octanol–water partition coefficient (Wildman–Crippen LogP) is 2.13. The van der Waals surface area contributed by atoms with Gasteiger partial charge in [0.2, 0.25) is 5.89 Å². The Bertz CT molecular complexity index is 566. The fourth-order valence-corrected chi connectivity index (χ4v) is 2.03. The smallest absolute Gasteiger partial charge is 0.231 e. The quantitative estimate of drug-likeness (QED) is 0.875. The van der Waals surface area contributed by atoms with E-state index in [9.17, 15) is 0 Å².